The first-order valence-corrected chi connectivity index (χ1v) is 7.30. The van der Waals surface area contributed by atoms with Crippen LogP contribution in [0.3, 0.4) is 0 Å². The van der Waals surface area contributed by atoms with Crippen LogP contribution in [0.15, 0.2) is 39.8 Å². The molecule has 0 fully saturated rings. The first-order chi connectivity index (χ1) is 8.36. The molecule has 3 aromatic heterocycles. The quantitative estimate of drug-likeness (QED) is 0.722. The maximum atomic E-state index is 12.3. The van der Waals surface area contributed by atoms with E-state index in [9.17, 15) is 4.79 Å². The Bertz CT molecular complexity index is 616. The van der Waals surface area contributed by atoms with Crippen molar-refractivity contribution in [2.24, 2.45) is 0 Å². The molecule has 0 aliphatic carbocycles. The van der Waals surface area contributed by atoms with E-state index < -0.39 is 0 Å². The van der Waals surface area contributed by atoms with E-state index in [0.29, 0.717) is 11.4 Å². The van der Waals surface area contributed by atoms with E-state index in [0.717, 1.165) is 21.5 Å². The minimum absolute atomic E-state index is 0.0892. The zero-order chi connectivity index (χ0) is 11.7. The Balaban J connectivity index is 2.21. The third-order valence-corrected chi connectivity index (χ3v) is 4.49. The molecule has 3 heterocycles. The molecule has 0 aliphatic rings. The van der Waals surface area contributed by atoms with Gasteiger partial charge in [0.25, 0.3) is 0 Å². The minimum atomic E-state index is -0.0892. The number of hydrogen-bond acceptors (Lipinski definition) is 6. The Morgan fingerprint density at radius 1 is 0.882 bits per heavy atom. The molecule has 0 N–H and O–H groups in total. The molecule has 0 unspecified atom stereocenters. The van der Waals surface area contributed by atoms with Crippen LogP contribution in [0, 0.1) is 0 Å². The Morgan fingerprint density at radius 2 is 1.41 bits per heavy atom. The van der Waals surface area contributed by atoms with E-state index >= 15 is 0 Å². The van der Waals surface area contributed by atoms with Crippen molar-refractivity contribution in [3.05, 3.63) is 45.2 Å². The van der Waals surface area contributed by atoms with Gasteiger partial charge in [-0.15, -0.1) is 22.7 Å². The zero-order valence-corrected chi connectivity index (χ0v) is 10.9. The maximum Gasteiger partial charge on any atom is 0.234 e. The summed E-state index contributed by atoms with van der Waals surface area (Å²) in [6.07, 6.45) is 0. The average Bonchev–Trinajstić information content (AvgIpc) is 3.02. The zero-order valence-electron chi connectivity index (χ0n) is 8.49. The number of nitrogens with zero attached hydrogens (tertiary/aromatic N) is 2. The fraction of sp³-hybridized carbons (Fsp3) is 0. The highest BCUT2D eigenvalue weighted by Gasteiger charge is 2.13. The van der Waals surface area contributed by atoms with Crippen LogP contribution >= 0.6 is 34.4 Å². The highest BCUT2D eigenvalue weighted by molar-refractivity contribution is 7.14. The standard InChI is InChI=1S/C11H6N2OS3/c14-11-9(7-3-1-5-15-7)12-17-13-10(11)8-4-2-6-16-8/h1-6H. The molecule has 0 atom stereocenters. The molecular weight excluding hydrogens is 272 g/mol. The second-order valence-corrected chi connectivity index (χ2v) is 5.67. The first-order valence-electron chi connectivity index (χ1n) is 4.81. The molecule has 3 nitrogen and oxygen atoms in total. The van der Waals surface area contributed by atoms with Gasteiger partial charge < -0.3 is 0 Å². The van der Waals surface area contributed by atoms with E-state index in [2.05, 4.69) is 8.75 Å². The molecule has 0 aliphatic heterocycles. The van der Waals surface area contributed by atoms with Gasteiger partial charge in [0.05, 0.1) is 21.5 Å². The van der Waals surface area contributed by atoms with Gasteiger partial charge in [0, 0.05) is 0 Å². The van der Waals surface area contributed by atoms with E-state index in [1.54, 1.807) is 0 Å². The van der Waals surface area contributed by atoms with Crippen LogP contribution in [0.4, 0.5) is 0 Å². The molecule has 0 radical (unpaired) electrons. The molecule has 84 valence electrons. The number of hydrogen-bond donors (Lipinski definition) is 0. The summed E-state index contributed by atoms with van der Waals surface area (Å²) in [5.41, 5.74) is 0.917. The summed E-state index contributed by atoms with van der Waals surface area (Å²) in [6, 6.07) is 7.63. The summed E-state index contributed by atoms with van der Waals surface area (Å²) >= 11 is 4.11. The number of thiophene rings is 2. The lowest BCUT2D eigenvalue weighted by molar-refractivity contribution is 1.37. The molecule has 3 aromatic rings. The summed E-state index contributed by atoms with van der Waals surface area (Å²) in [4.78, 5) is 14.1. The van der Waals surface area contributed by atoms with E-state index in [4.69, 9.17) is 0 Å². The second kappa shape index (κ2) is 4.48. The van der Waals surface area contributed by atoms with Crippen LogP contribution in [-0.2, 0) is 0 Å². The van der Waals surface area contributed by atoms with Gasteiger partial charge in [-0.1, -0.05) is 12.1 Å². The molecule has 0 aromatic carbocycles. The van der Waals surface area contributed by atoms with E-state index in [1.165, 1.54) is 22.7 Å². The van der Waals surface area contributed by atoms with Gasteiger partial charge in [-0.3, -0.25) is 4.79 Å². The predicted octanol–water partition coefficient (Wildman–Crippen LogP) is 3.36. The Morgan fingerprint density at radius 3 is 1.82 bits per heavy atom. The maximum absolute atomic E-state index is 12.3. The van der Waals surface area contributed by atoms with Crippen molar-refractivity contribution < 1.29 is 0 Å². The highest BCUT2D eigenvalue weighted by Crippen LogP contribution is 2.24. The van der Waals surface area contributed by atoms with Gasteiger partial charge in [-0.25, -0.2) is 0 Å². The summed E-state index contributed by atoms with van der Waals surface area (Å²) in [5.74, 6) is 0. The number of rotatable bonds is 2. The lowest BCUT2D eigenvalue weighted by Gasteiger charge is -1.97. The Hall–Kier alpha value is -1.37. The molecular formula is C11H6N2OS3. The number of aromatic nitrogens is 2. The SMILES string of the molecule is O=c1c(-c2cccs2)nsnc1-c1cccs1. The Labute approximate surface area is 109 Å². The summed E-state index contributed by atoms with van der Waals surface area (Å²) in [6.45, 7) is 0. The third-order valence-electron chi connectivity index (χ3n) is 2.20. The minimum Gasteiger partial charge on any atom is -0.285 e. The first kappa shape index (κ1) is 10.8. The molecule has 17 heavy (non-hydrogen) atoms. The molecule has 3 rings (SSSR count). The summed E-state index contributed by atoms with van der Waals surface area (Å²) in [5, 5.41) is 3.87. The Kier molecular flexibility index (Phi) is 2.84. The van der Waals surface area contributed by atoms with Gasteiger partial charge in [0.15, 0.2) is 0 Å². The molecule has 0 saturated heterocycles. The van der Waals surface area contributed by atoms with Gasteiger partial charge in [-0.2, -0.15) is 8.75 Å². The van der Waals surface area contributed by atoms with Gasteiger partial charge in [-0.05, 0) is 22.9 Å². The van der Waals surface area contributed by atoms with Gasteiger partial charge >= 0.3 is 0 Å². The van der Waals surface area contributed by atoms with Crippen LogP contribution in [0.2, 0.25) is 0 Å². The molecule has 0 bridgehead atoms. The molecule has 6 heteroatoms. The van der Waals surface area contributed by atoms with Crippen LogP contribution < -0.4 is 5.43 Å². The molecule has 0 spiro atoms. The second-order valence-electron chi connectivity index (χ2n) is 3.25. The fourth-order valence-corrected chi connectivity index (χ4v) is 3.54. The largest absolute Gasteiger partial charge is 0.285 e. The van der Waals surface area contributed by atoms with Crippen molar-refractivity contribution in [3.63, 3.8) is 0 Å². The van der Waals surface area contributed by atoms with Crippen molar-refractivity contribution in [2.75, 3.05) is 0 Å². The highest BCUT2D eigenvalue weighted by atomic mass is 32.1. The summed E-state index contributed by atoms with van der Waals surface area (Å²) < 4.78 is 8.25. The molecule has 0 amide bonds. The lowest BCUT2D eigenvalue weighted by Crippen LogP contribution is -2.09. The monoisotopic (exact) mass is 278 g/mol. The van der Waals surface area contributed by atoms with Crippen molar-refractivity contribution in [3.8, 4) is 21.1 Å². The van der Waals surface area contributed by atoms with Crippen LogP contribution in [0.5, 0.6) is 0 Å². The molecule has 0 saturated carbocycles. The summed E-state index contributed by atoms with van der Waals surface area (Å²) in [7, 11) is 0. The normalized spacial score (nSPS) is 10.6. The van der Waals surface area contributed by atoms with Crippen molar-refractivity contribution in [1.82, 2.24) is 8.75 Å². The van der Waals surface area contributed by atoms with Crippen LogP contribution in [0.1, 0.15) is 0 Å². The lowest BCUT2D eigenvalue weighted by atomic mass is 10.2. The van der Waals surface area contributed by atoms with Crippen molar-refractivity contribution >= 4 is 34.4 Å². The van der Waals surface area contributed by atoms with Gasteiger partial charge in [0.2, 0.25) is 5.43 Å². The van der Waals surface area contributed by atoms with Gasteiger partial charge in [0.1, 0.15) is 11.4 Å². The predicted molar refractivity (Wildman–Crippen MR) is 72.8 cm³/mol. The van der Waals surface area contributed by atoms with E-state index in [-0.39, 0.29) is 5.43 Å². The fourth-order valence-electron chi connectivity index (χ4n) is 1.44. The average molecular weight is 278 g/mol. The third kappa shape index (κ3) is 1.95. The van der Waals surface area contributed by atoms with Crippen molar-refractivity contribution in [2.45, 2.75) is 0 Å². The van der Waals surface area contributed by atoms with E-state index in [1.807, 2.05) is 35.0 Å². The van der Waals surface area contributed by atoms with Crippen molar-refractivity contribution in [1.29, 1.82) is 0 Å². The van der Waals surface area contributed by atoms with Crippen LogP contribution in [0.25, 0.3) is 21.1 Å². The smallest absolute Gasteiger partial charge is 0.234 e. The topological polar surface area (TPSA) is 42.9 Å². The van der Waals surface area contributed by atoms with Crippen LogP contribution in [-0.4, -0.2) is 8.75 Å².